The standard InChI is InChI=1S/C20H14Cl2FN5O2S/c21-17-6-5-16(9-18(17)22)31(29,30)26-19-8-15(23)4-3-14(19)11-28-12-20(25-27-28)13-2-1-7-24-10-13/h1-10,12,26H,11H2. The van der Waals surface area contributed by atoms with Gasteiger partial charge in [0.25, 0.3) is 10.0 Å². The van der Waals surface area contributed by atoms with Gasteiger partial charge < -0.3 is 0 Å². The van der Waals surface area contributed by atoms with Crippen LogP contribution in [0.25, 0.3) is 11.3 Å². The SMILES string of the molecule is O=S(=O)(Nc1cc(F)ccc1Cn1cc(-c2cccnc2)nn1)c1ccc(Cl)c(Cl)c1. The van der Waals surface area contributed by atoms with Gasteiger partial charge in [-0.25, -0.2) is 17.5 Å². The van der Waals surface area contributed by atoms with Crippen LogP contribution < -0.4 is 4.72 Å². The zero-order chi connectivity index (χ0) is 22.0. The number of rotatable bonds is 6. The van der Waals surface area contributed by atoms with Gasteiger partial charge in [0.2, 0.25) is 0 Å². The van der Waals surface area contributed by atoms with E-state index >= 15 is 0 Å². The molecule has 2 aromatic heterocycles. The summed E-state index contributed by atoms with van der Waals surface area (Å²) in [6.07, 6.45) is 5.00. The first kappa shape index (κ1) is 21.2. The first-order chi connectivity index (χ1) is 14.8. The van der Waals surface area contributed by atoms with Gasteiger partial charge in [0.05, 0.1) is 33.4 Å². The summed E-state index contributed by atoms with van der Waals surface area (Å²) >= 11 is 11.8. The minimum absolute atomic E-state index is 0.0736. The van der Waals surface area contributed by atoms with E-state index in [1.165, 1.54) is 35.0 Å². The highest BCUT2D eigenvalue weighted by atomic mass is 35.5. The van der Waals surface area contributed by atoms with Gasteiger partial charge in [0, 0.05) is 18.0 Å². The zero-order valence-electron chi connectivity index (χ0n) is 15.7. The van der Waals surface area contributed by atoms with Crippen molar-refractivity contribution in [2.75, 3.05) is 4.72 Å². The summed E-state index contributed by atoms with van der Waals surface area (Å²) in [6, 6.07) is 11.4. The molecule has 0 aliphatic carbocycles. The van der Waals surface area contributed by atoms with Crippen molar-refractivity contribution in [3.63, 3.8) is 0 Å². The Balaban J connectivity index is 1.62. The van der Waals surface area contributed by atoms with Gasteiger partial charge in [0.1, 0.15) is 11.5 Å². The van der Waals surface area contributed by atoms with Gasteiger partial charge in [-0.3, -0.25) is 9.71 Å². The summed E-state index contributed by atoms with van der Waals surface area (Å²) in [4.78, 5) is 3.95. The van der Waals surface area contributed by atoms with E-state index < -0.39 is 15.8 Å². The Hall–Kier alpha value is -3.01. The molecule has 4 aromatic rings. The van der Waals surface area contributed by atoms with Crippen molar-refractivity contribution in [3.05, 3.63) is 88.5 Å². The number of nitrogens with zero attached hydrogens (tertiary/aromatic N) is 4. The van der Waals surface area contributed by atoms with Gasteiger partial charge in [-0.2, -0.15) is 0 Å². The maximum Gasteiger partial charge on any atom is 0.261 e. The minimum atomic E-state index is -4.04. The molecule has 31 heavy (non-hydrogen) atoms. The average Bonchev–Trinajstić information content (AvgIpc) is 3.21. The van der Waals surface area contributed by atoms with Gasteiger partial charge in [0.15, 0.2) is 0 Å². The molecule has 1 N–H and O–H groups in total. The first-order valence-electron chi connectivity index (χ1n) is 8.89. The van der Waals surface area contributed by atoms with E-state index in [-0.39, 0.29) is 27.2 Å². The Kier molecular flexibility index (Phi) is 5.90. The van der Waals surface area contributed by atoms with Gasteiger partial charge in [-0.05, 0) is 48.0 Å². The lowest BCUT2D eigenvalue weighted by molar-refractivity contribution is 0.600. The van der Waals surface area contributed by atoms with Crippen LogP contribution in [-0.4, -0.2) is 28.4 Å². The van der Waals surface area contributed by atoms with Crippen LogP contribution in [0.1, 0.15) is 5.56 Å². The Morgan fingerprint density at radius 3 is 2.65 bits per heavy atom. The van der Waals surface area contributed by atoms with E-state index in [9.17, 15) is 12.8 Å². The molecular weight excluding hydrogens is 464 g/mol. The molecule has 0 saturated carbocycles. The first-order valence-corrected chi connectivity index (χ1v) is 11.1. The van der Waals surface area contributed by atoms with E-state index in [1.807, 2.05) is 6.07 Å². The molecule has 0 bridgehead atoms. The number of aromatic nitrogens is 4. The van der Waals surface area contributed by atoms with Crippen molar-refractivity contribution in [1.82, 2.24) is 20.0 Å². The van der Waals surface area contributed by atoms with Crippen molar-refractivity contribution in [1.29, 1.82) is 0 Å². The van der Waals surface area contributed by atoms with Crippen LogP contribution in [0, 0.1) is 5.82 Å². The number of halogens is 3. The van der Waals surface area contributed by atoms with Crippen LogP contribution in [0.5, 0.6) is 0 Å². The van der Waals surface area contributed by atoms with E-state index in [4.69, 9.17) is 23.2 Å². The van der Waals surface area contributed by atoms with Crippen molar-refractivity contribution in [2.24, 2.45) is 0 Å². The summed E-state index contributed by atoms with van der Waals surface area (Å²) < 4.78 is 43.4. The highest BCUT2D eigenvalue weighted by Crippen LogP contribution is 2.27. The smallest absolute Gasteiger partial charge is 0.261 e. The molecule has 0 atom stereocenters. The molecule has 11 heteroatoms. The topological polar surface area (TPSA) is 89.8 Å². The number of pyridine rings is 1. The number of hydrogen-bond donors (Lipinski definition) is 1. The summed E-state index contributed by atoms with van der Waals surface area (Å²) in [5.41, 5.74) is 1.96. The molecule has 0 spiro atoms. The summed E-state index contributed by atoms with van der Waals surface area (Å²) in [7, 11) is -4.04. The second-order valence-corrected chi connectivity index (χ2v) is 9.02. The lowest BCUT2D eigenvalue weighted by Gasteiger charge is -2.13. The van der Waals surface area contributed by atoms with Gasteiger partial charge in [-0.15, -0.1) is 5.10 Å². The Morgan fingerprint density at radius 2 is 1.90 bits per heavy atom. The average molecular weight is 478 g/mol. The lowest BCUT2D eigenvalue weighted by atomic mass is 10.2. The van der Waals surface area contributed by atoms with Crippen LogP contribution in [0.4, 0.5) is 10.1 Å². The maximum absolute atomic E-state index is 13.9. The highest BCUT2D eigenvalue weighted by Gasteiger charge is 2.18. The van der Waals surface area contributed by atoms with E-state index in [0.717, 1.165) is 11.6 Å². The third-order valence-corrected chi connectivity index (χ3v) is 6.45. The molecule has 0 aliphatic rings. The third kappa shape index (κ3) is 4.84. The van der Waals surface area contributed by atoms with Crippen LogP contribution in [-0.2, 0) is 16.6 Å². The third-order valence-electron chi connectivity index (χ3n) is 4.35. The zero-order valence-corrected chi connectivity index (χ0v) is 18.0. The van der Waals surface area contributed by atoms with E-state index in [1.54, 1.807) is 24.7 Å². The fraction of sp³-hybridized carbons (Fsp3) is 0.0500. The Morgan fingerprint density at radius 1 is 1.06 bits per heavy atom. The van der Waals surface area contributed by atoms with Crippen LogP contribution in [0.2, 0.25) is 10.0 Å². The molecule has 2 heterocycles. The molecule has 158 valence electrons. The molecule has 0 saturated heterocycles. The predicted molar refractivity (Wildman–Crippen MR) is 116 cm³/mol. The molecule has 7 nitrogen and oxygen atoms in total. The largest absolute Gasteiger partial charge is 0.279 e. The Bertz CT molecular complexity index is 1350. The van der Waals surface area contributed by atoms with Crippen LogP contribution in [0.3, 0.4) is 0 Å². The van der Waals surface area contributed by atoms with Crippen molar-refractivity contribution >= 4 is 38.9 Å². The second-order valence-electron chi connectivity index (χ2n) is 6.53. The fourth-order valence-electron chi connectivity index (χ4n) is 2.83. The predicted octanol–water partition coefficient (Wildman–Crippen LogP) is 4.64. The molecule has 0 radical (unpaired) electrons. The van der Waals surface area contributed by atoms with Crippen molar-refractivity contribution in [2.45, 2.75) is 11.4 Å². The molecular formula is C20H14Cl2FN5O2S. The summed E-state index contributed by atoms with van der Waals surface area (Å²) in [5.74, 6) is -0.592. The van der Waals surface area contributed by atoms with Crippen LogP contribution in [0.15, 0.2) is 72.0 Å². The van der Waals surface area contributed by atoms with Gasteiger partial charge in [-0.1, -0.05) is 34.5 Å². The number of anilines is 1. The Labute approximate surface area is 187 Å². The number of nitrogens with one attached hydrogen (secondary N) is 1. The lowest BCUT2D eigenvalue weighted by Crippen LogP contribution is -2.15. The van der Waals surface area contributed by atoms with Gasteiger partial charge >= 0.3 is 0 Å². The maximum atomic E-state index is 13.9. The minimum Gasteiger partial charge on any atom is -0.279 e. The number of sulfonamides is 1. The fourth-order valence-corrected chi connectivity index (χ4v) is 4.31. The summed E-state index contributed by atoms with van der Waals surface area (Å²) in [6.45, 7) is 0.159. The molecule has 0 amide bonds. The molecule has 0 unspecified atom stereocenters. The van der Waals surface area contributed by atoms with Crippen molar-refractivity contribution in [3.8, 4) is 11.3 Å². The molecule has 2 aromatic carbocycles. The molecule has 0 fully saturated rings. The highest BCUT2D eigenvalue weighted by molar-refractivity contribution is 7.92. The van der Waals surface area contributed by atoms with E-state index in [0.29, 0.717) is 11.3 Å². The number of hydrogen-bond acceptors (Lipinski definition) is 5. The van der Waals surface area contributed by atoms with Crippen molar-refractivity contribution < 1.29 is 12.8 Å². The molecule has 0 aliphatic heterocycles. The quantitative estimate of drug-likeness (QED) is 0.436. The monoisotopic (exact) mass is 477 g/mol. The normalized spacial score (nSPS) is 11.5. The second kappa shape index (κ2) is 8.62. The summed E-state index contributed by atoms with van der Waals surface area (Å²) in [5, 5.41) is 8.48. The number of benzene rings is 2. The van der Waals surface area contributed by atoms with E-state index in [2.05, 4.69) is 20.0 Å². The molecule has 4 rings (SSSR count). The van der Waals surface area contributed by atoms with Crippen LogP contribution >= 0.6 is 23.2 Å².